The van der Waals surface area contributed by atoms with E-state index in [-0.39, 0.29) is 5.75 Å². The first-order valence-electron chi connectivity index (χ1n) is 5.15. The lowest BCUT2D eigenvalue weighted by Gasteiger charge is -2.17. The van der Waals surface area contributed by atoms with Crippen LogP contribution in [0.15, 0.2) is 42.5 Å². The molecule has 0 amide bonds. The molecule has 81 valence electrons. The van der Waals surface area contributed by atoms with Crippen LogP contribution in [-0.4, -0.2) is 19.2 Å². The van der Waals surface area contributed by atoms with E-state index in [4.69, 9.17) is 0 Å². The minimum atomic E-state index is 0.289. The number of hydrogen-bond donors (Lipinski definition) is 1. The van der Waals surface area contributed by atoms with Gasteiger partial charge in [-0.15, -0.1) is 0 Å². The Balaban J connectivity index is 2.51. The Morgan fingerprint density at radius 2 is 1.75 bits per heavy atom. The van der Waals surface area contributed by atoms with Crippen molar-refractivity contribution in [3.05, 3.63) is 48.5 Å². The molecule has 0 heterocycles. The Bertz CT molecular complexity index is 474. The largest absolute Gasteiger partial charge is 0.508 e. The first kappa shape index (κ1) is 10.6. The summed E-state index contributed by atoms with van der Waals surface area (Å²) in [6, 6.07) is 16.2. The first-order valence-corrected chi connectivity index (χ1v) is 5.15. The predicted molar refractivity (Wildman–Crippen MR) is 66.7 cm³/mol. The fourth-order valence-electron chi connectivity index (χ4n) is 1.68. The summed E-state index contributed by atoms with van der Waals surface area (Å²) in [7, 11) is 4.01. The van der Waals surface area contributed by atoms with Gasteiger partial charge in [0.2, 0.25) is 0 Å². The molecule has 2 heteroatoms. The maximum Gasteiger partial charge on any atom is 0.115 e. The van der Waals surface area contributed by atoms with Gasteiger partial charge in [-0.3, -0.25) is 0 Å². The third-order valence-corrected chi connectivity index (χ3v) is 2.50. The molecule has 1 N–H and O–H groups in total. The fourth-order valence-corrected chi connectivity index (χ4v) is 1.68. The van der Waals surface area contributed by atoms with Gasteiger partial charge in [0.1, 0.15) is 5.75 Å². The second-order valence-corrected chi connectivity index (χ2v) is 3.88. The van der Waals surface area contributed by atoms with E-state index in [0.29, 0.717) is 0 Å². The van der Waals surface area contributed by atoms with Crippen molar-refractivity contribution < 1.29 is 5.11 Å². The lowest BCUT2D eigenvalue weighted by Crippen LogP contribution is -2.09. The molecule has 0 atom stereocenters. The molecule has 2 rings (SSSR count). The average molecular weight is 212 g/mol. The fraction of sp³-hybridized carbons (Fsp3) is 0.143. The van der Waals surface area contributed by atoms with Crippen molar-refractivity contribution in [1.29, 1.82) is 0 Å². The minimum absolute atomic E-state index is 0.289. The highest BCUT2D eigenvalue weighted by Gasteiger charge is 2.05. The van der Waals surface area contributed by atoms with Gasteiger partial charge in [-0.05, 0) is 29.8 Å². The van der Waals surface area contributed by atoms with Gasteiger partial charge in [0.05, 0.1) is 0 Å². The second-order valence-electron chi connectivity index (χ2n) is 3.88. The van der Waals surface area contributed by atoms with Crippen molar-refractivity contribution in [2.45, 2.75) is 0 Å². The van der Waals surface area contributed by atoms with Crippen LogP contribution in [0.25, 0.3) is 11.1 Å². The maximum absolute atomic E-state index is 9.27. The topological polar surface area (TPSA) is 23.5 Å². The number of rotatable bonds is 2. The van der Waals surface area contributed by atoms with Crippen LogP contribution in [0.4, 0.5) is 5.69 Å². The molecule has 16 heavy (non-hydrogen) atoms. The van der Waals surface area contributed by atoms with E-state index < -0.39 is 0 Å². The molecule has 2 aromatic rings. The highest BCUT2D eigenvalue weighted by molar-refractivity contribution is 5.78. The molecule has 0 aliphatic heterocycles. The number of benzene rings is 2. The maximum atomic E-state index is 9.27. The zero-order valence-electron chi connectivity index (χ0n) is 9.44. The average Bonchev–Trinajstić information content (AvgIpc) is 2.30. The molecule has 0 unspecified atom stereocenters. The van der Waals surface area contributed by atoms with Crippen molar-refractivity contribution in [1.82, 2.24) is 0 Å². The standard InChI is InChI=1S/C14H14NO/c1-15(2)14-6-4-3-5-13(14)11-7-9-12(16)10-8-11/h3,5-10,16H,1-2H3. The van der Waals surface area contributed by atoms with Crippen LogP contribution in [0.3, 0.4) is 0 Å². The number of phenols is 1. The molecule has 0 aliphatic carbocycles. The van der Waals surface area contributed by atoms with Crippen molar-refractivity contribution >= 4 is 5.69 Å². The Kier molecular flexibility index (Phi) is 2.82. The predicted octanol–water partition coefficient (Wildman–Crippen LogP) is 2.93. The van der Waals surface area contributed by atoms with Gasteiger partial charge in [-0.2, -0.15) is 0 Å². The summed E-state index contributed by atoms with van der Waals surface area (Å²) in [6.07, 6.45) is 0. The molecule has 0 spiro atoms. The lowest BCUT2D eigenvalue weighted by atomic mass is 10.0. The monoisotopic (exact) mass is 212 g/mol. The van der Waals surface area contributed by atoms with Gasteiger partial charge >= 0.3 is 0 Å². The molecule has 0 aliphatic rings. The second kappa shape index (κ2) is 4.27. The molecule has 0 aromatic heterocycles. The molecular weight excluding hydrogens is 198 g/mol. The highest BCUT2D eigenvalue weighted by atomic mass is 16.3. The van der Waals surface area contributed by atoms with Gasteiger partial charge in [0.15, 0.2) is 0 Å². The molecule has 0 saturated heterocycles. The number of anilines is 1. The van der Waals surface area contributed by atoms with Gasteiger partial charge in [-0.1, -0.05) is 24.3 Å². The van der Waals surface area contributed by atoms with E-state index in [1.54, 1.807) is 12.1 Å². The van der Waals surface area contributed by atoms with E-state index in [9.17, 15) is 5.11 Å². The van der Waals surface area contributed by atoms with Crippen LogP contribution < -0.4 is 4.90 Å². The summed E-state index contributed by atoms with van der Waals surface area (Å²) >= 11 is 0. The number of nitrogens with zero attached hydrogens (tertiary/aromatic N) is 1. The zero-order valence-corrected chi connectivity index (χ0v) is 9.44. The van der Waals surface area contributed by atoms with Crippen LogP contribution in [0.2, 0.25) is 0 Å². The SMILES string of the molecule is CN(C)c1c[c]ccc1-c1ccc(O)cc1. The van der Waals surface area contributed by atoms with Gasteiger partial charge in [0.25, 0.3) is 0 Å². The quantitative estimate of drug-likeness (QED) is 0.827. The van der Waals surface area contributed by atoms with E-state index in [1.165, 1.54) is 0 Å². The summed E-state index contributed by atoms with van der Waals surface area (Å²) in [6.45, 7) is 0. The van der Waals surface area contributed by atoms with Crippen LogP contribution in [0.1, 0.15) is 0 Å². The summed E-state index contributed by atoms with van der Waals surface area (Å²) < 4.78 is 0. The first-order chi connectivity index (χ1) is 7.68. The van der Waals surface area contributed by atoms with Crippen molar-refractivity contribution in [3.8, 4) is 16.9 Å². The summed E-state index contributed by atoms with van der Waals surface area (Å²) in [5.74, 6) is 0.289. The minimum Gasteiger partial charge on any atom is -0.508 e. The summed E-state index contributed by atoms with van der Waals surface area (Å²) in [4.78, 5) is 2.05. The Morgan fingerprint density at radius 1 is 1.06 bits per heavy atom. The van der Waals surface area contributed by atoms with Crippen molar-refractivity contribution in [2.75, 3.05) is 19.0 Å². The van der Waals surface area contributed by atoms with Gasteiger partial charge < -0.3 is 10.0 Å². The van der Waals surface area contributed by atoms with E-state index >= 15 is 0 Å². The van der Waals surface area contributed by atoms with Crippen LogP contribution in [-0.2, 0) is 0 Å². The molecule has 0 bridgehead atoms. The Morgan fingerprint density at radius 3 is 2.38 bits per heavy atom. The molecule has 1 radical (unpaired) electrons. The smallest absolute Gasteiger partial charge is 0.115 e. The number of hydrogen-bond acceptors (Lipinski definition) is 2. The van der Waals surface area contributed by atoms with Gasteiger partial charge in [-0.25, -0.2) is 0 Å². The lowest BCUT2D eigenvalue weighted by molar-refractivity contribution is 0.475. The third kappa shape index (κ3) is 2.01. The molecular formula is C14H14NO. The van der Waals surface area contributed by atoms with E-state index in [1.807, 2.05) is 44.4 Å². The third-order valence-electron chi connectivity index (χ3n) is 2.50. The summed E-state index contributed by atoms with van der Waals surface area (Å²) in [5, 5.41) is 9.27. The van der Waals surface area contributed by atoms with E-state index in [0.717, 1.165) is 16.8 Å². The van der Waals surface area contributed by atoms with Crippen molar-refractivity contribution in [3.63, 3.8) is 0 Å². The van der Waals surface area contributed by atoms with Crippen LogP contribution >= 0.6 is 0 Å². The van der Waals surface area contributed by atoms with Crippen molar-refractivity contribution in [2.24, 2.45) is 0 Å². The Hall–Kier alpha value is -1.96. The molecule has 2 nitrogen and oxygen atoms in total. The summed E-state index contributed by atoms with van der Waals surface area (Å²) in [5.41, 5.74) is 3.35. The molecule has 0 saturated carbocycles. The van der Waals surface area contributed by atoms with Gasteiger partial charge in [0, 0.05) is 25.3 Å². The normalized spacial score (nSPS) is 10.1. The number of phenolic OH excluding ortho intramolecular Hbond substituents is 1. The molecule has 2 aromatic carbocycles. The highest BCUT2D eigenvalue weighted by Crippen LogP contribution is 2.30. The van der Waals surface area contributed by atoms with E-state index in [2.05, 4.69) is 11.0 Å². The van der Waals surface area contributed by atoms with Crippen LogP contribution in [0.5, 0.6) is 5.75 Å². The zero-order chi connectivity index (χ0) is 11.5. The molecule has 0 fully saturated rings. The Labute approximate surface area is 95.8 Å². The van der Waals surface area contributed by atoms with Crippen LogP contribution in [0, 0.1) is 6.07 Å². The number of aromatic hydroxyl groups is 1.